The van der Waals surface area contributed by atoms with E-state index in [1.54, 1.807) is 0 Å². The van der Waals surface area contributed by atoms with Gasteiger partial charge in [-0.1, -0.05) is 0 Å². The highest BCUT2D eigenvalue weighted by Crippen LogP contribution is 2.23. The number of ether oxygens (including phenoxy) is 3. The first-order valence-corrected chi connectivity index (χ1v) is 3.03. The Kier molecular flexibility index (Phi) is 3.40. The normalized spacial score (nSPS) is 18.0. The first-order chi connectivity index (χ1) is 4.93. The minimum Gasteiger partial charge on any atom is -0.359 e. The van der Waals surface area contributed by atoms with Crippen molar-refractivity contribution in [1.82, 2.24) is 0 Å². The number of hydrogen-bond donors (Lipinski definition) is 2. The third-order valence-electron chi connectivity index (χ3n) is 1.54. The van der Waals surface area contributed by atoms with E-state index < -0.39 is 11.8 Å². The van der Waals surface area contributed by atoms with E-state index in [0.717, 1.165) is 0 Å². The van der Waals surface area contributed by atoms with Crippen molar-refractivity contribution >= 4 is 0 Å². The van der Waals surface area contributed by atoms with E-state index in [-0.39, 0.29) is 0 Å². The standard InChI is InChI=1S/C6H14O5/c1-5(7,9-2)6(8,10-3)11-4/h7-8H,1-4H3. The molecule has 0 radical (unpaired) electrons. The molecule has 0 amide bonds. The first kappa shape index (κ1) is 10.8. The van der Waals surface area contributed by atoms with Crippen molar-refractivity contribution in [1.29, 1.82) is 0 Å². The van der Waals surface area contributed by atoms with E-state index in [2.05, 4.69) is 14.2 Å². The molecule has 1 atom stereocenters. The second-order valence-electron chi connectivity index (χ2n) is 2.18. The number of rotatable bonds is 4. The van der Waals surface area contributed by atoms with Crippen LogP contribution < -0.4 is 0 Å². The van der Waals surface area contributed by atoms with Gasteiger partial charge in [0, 0.05) is 21.3 Å². The highest BCUT2D eigenvalue weighted by atomic mass is 16.9. The number of aliphatic hydroxyl groups is 2. The summed E-state index contributed by atoms with van der Waals surface area (Å²) in [6.07, 6.45) is 0. The third-order valence-corrected chi connectivity index (χ3v) is 1.54. The molecule has 0 bridgehead atoms. The van der Waals surface area contributed by atoms with Crippen LogP contribution in [0.5, 0.6) is 0 Å². The molecule has 0 saturated heterocycles. The van der Waals surface area contributed by atoms with Crippen LogP contribution in [0.2, 0.25) is 0 Å². The molecular formula is C6H14O5. The summed E-state index contributed by atoms with van der Waals surface area (Å²) in [5.74, 6) is -4.03. The van der Waals surface area contributed by atoms with Gasteiger partial charge in [0.2, 0.25) is 5.79 Å². The maximum atomic E-state index is 9.34. The SMILES string of the molecule is COC(C)(O)C(O)(OC)OC. The topological polar surface area (TPSA) is 68.2 Å². The van der Waals surface area contributed by atoms with Crippen LogP contribution in [0.1, 0.15) is 6.92 Å². The van der Waals surface area contributed by atoms with Crippen molar-refractivity contribution in [2.45, 2.75) is 18.7 Å². The summed E-state index contributed by atoms with van der Waals surface area (Å²) in [5.41, 5.74) is 0. The molecule has 0 spiro atoms. The molecule has 5 nitrogen and oxygen atoms in total. The minimum atomic E-state index is -2.14. The van der Waals surface area contributed by atoms with E-state index in [1.807, 2.05) is 0 Å². The van der Waals surface area contributed by atoms with Gasteiger partial charge >= 0.3 is 5.97 Å². The summed E-state index contributed by atoms with van der Waals surface area (Å²) in [6.45, 7) is 1.22. The van der Waals surface area contributed by atoms with Gasteiger partial charge in [-0.2, -0.15) is 0 Å². The maximum Gasteiger partial charge on any atom is 0.337 e. The molecular weight excluding hydrogens is 152 g/mol. The van der Waals surface area contributed by atoms with Gasteiger partial charge in [0.25, 0.3) is 0 Å². The average molecular weight is 166 g/mol. The van der Waals surface area contributed by atoms with Crippen LogP contribution in [0.15, 0.2) is 0 Å². The number of methoxy groups -OCH3 is 3. The lowest BCUT2D eigenvalue weighted by atomic mass is 10.2. The minimum absolute atomic E-state index is 1.19. The van der Waals surface area contributed by atoms with Crippen LogP contribution >= 0.6 is 0 Å². The molecule has 0 aliphatic heterocycles. The molecule has 0 saturated carbocycles. The van der Waals surface area contributed by atoms with Crippen molar-refractivity contribution < 1.29 is 24.4 Å². The lowest BCUT2D eigenvalue weighted by molar-refractivity contribution is -0.459. The van der Waals surface area contributed by atoms with Crippen molar-refractivity contribution in [3.8, 4) is 0 Å². The molecule has 0 aromatic rings. The first-order valence-electron chi connectivity index (χ1n) is 3.03. The van der Waals surface area contributed by atoms with Gasteiger partial charge in [0.1, 0.15) is 0 Å². The zero-order valence-electron chi connectivity index (χ0n) is 7.12. The molecule has 0 aromatic carbocycles. The van der Waals surface area contributed by atoms with Gasteiger partial charge in [-0.3, -0.25) is 0 Å². The zero-order chi connectivity index (χ0) is 9.12. The Morgan fingerprint density at radius 1 is 0.909 bits per heavy atom. The fourth-order valence-corrected chi connectivity index (χ4v) is 0.591. The monoisotopic (exact) mass is 166 g/mol. The lowest BCUT2D eigenvalue weighted by Crippen LogP contribution is -2.56. The van der Waals surface area contributed by atoms with Gasteiger partial charge in [0.15, 0.2) is 0 Å². The van der Waals surface area contributed by atoms with E-state index in [1.165, 1.54) is 28.3 Å². The van der Waals surface area contributed by atoms with Crippen molar-refractivity contribution in [3.63, 3.8) is 0 Å². The Balaban J connectivity index is 4.47. The Morgan fingerprint density at radius 3 is 1.36 bits per heavy atom. The van der Waals surface area contributed by atoms with E-state index in [4.69, 9.17) is 0 Å². The smallest absolute Gasteiger partial charge is 0.337 e. The fourth-order valence-electron chi connectivity index (χ4n) is 0.591. The second-order valence-corrected chi connectivity index (χ2v) is 2.18. The summed E-state index contributed by atoms with van der Waals surface area (Å²) >= 11 is 0. The summed E-state index contributed by atoms with van der Waals surface area (Å²) in [7, 11) is 3.61. The van der Waals surface area contributed by atoms with Gasteiger partial charge in [-0.05, 0) is 6.92 Å². The van der Waals surface area contributed by atoms with Crippen molar-refractivity contribution in [3.05, 3.63) is 0 Å². The fraction of sp³-hybridized carbons (Fsp3) is 1.00. The lowest BCUT2D eigenvalue weighted by Gasteiger charge is -2.35. The van der Waals surface area contributed by atoms with E-state index in [0.29, 0.717) is 0 Å². The van der Waals surface area contributed by atoms with Gasteiger partial charge in [0.05, 0.1) is 0 Å². The quantitative estimate of drug-likeness (QED) is 0.539. The molecule has 0 heterocycles. The van der Waals surface area contributed by atoms with Crippen molar-refractivity contribution in [2.24, 2.45) is 0 Å². The molecule has 0 aliphatic carbocycles. The molecule has 0 aromatic heterocycles. The molecule has 11 heavy (non-hydrogen) atoms. The van der Waals surface area contributed by atoms with Crippen LogP contribution in [-0.4, -0.2) is 43.3 Å². The third kappa shape index (κ3) is 1.88. The maximum absolute atomic E-state index is 9.34. The Bertz CT molecular complexity index is 118. The van der Waals surface area contributed by atoms with E-state index in [9.17, 15) is 10.2 Å². The Labute approximate surface area is 65.5 Å². The van der Waals surface area contributed by atoms with Gasteiger partial charge < -0.3 is 24.4 Å². The summed E-state index contributed by atoms with van der Waals surface area (Å²) in [4.78, 5) is 0. The zero-order valence-corrected chi connectivity index (χ0v) is 7.12. The summed E-state index contributed by atoms with van der Waals surface area (Å²) in [6, 6.07) is 0. The predicted octanol–water partition coefficient (Wildman–Crippen LogP) is -0.720. The van der Waals surface area contributed by atoms with Crippen LogP contribution in [0.4, 0.5) is 0 Å². The van der Waals surface area contributed by atoms with Crippen LogP contribution in [0.3, 0.4) is 0 Å². The molecule has 2 N–H and O–H groups in total. The molecule has 5 heteroatoms. The second kappa shape index (κ2) is 3.46. The highest BCUT2D eigenvalue weighted by molar-refractivity contribution is 4.71. The predicted molar refractivity (Wildman–Crippen MR) is 36.6 cm³/mol. The van der Waals surface area contributed by atoms with Crippen molar-refractivity contribution in [2.75, 3.05) is 21.3 Å². The highest BCUT2D eigenvalue weighted by Gasteiger charge is 2.48. The van der Waals surface area contributed by atoms with Crippen LogP contribution in [-0.2, 0) is 14.2 Å². The number of hydrogen-bond acceptors (Lipinski definition) is 5. The molecule has 68 valence electrons. The van der Waals surface area contributed by atoms with E-state index >= 15 is 0 Å². The average Bonchev–Trinajstić information content (AvgIpc) is 2.02. The van der Waals surface area contributed by atoms with Gasteiger partial charge in [-0.25, -0.2) is 0 Å². The molecule has 0 rings (SSSR count). The Hall–Kier alpha value is -0.200. The largest absolute Gasteiger partial charge is 0.359 e. The summed E-state index contributed by atoms with van der Waals surface area (Å²) < 4.78 is 13.5. The molecule has 0 aliphatic rings. The molecule has 0 fully saturated rings. The summed E-state index contributed by atoms with van der Waals surface area (Å²) in [5, 5.41) is 18.7. The Morgan fingerprint density at radius 2 is 1.27 bits per heavy atom. The van der Waals surface area contributed by atoms with Gasteiger partial charge in [-0.15, -0.1) is 0 Å². The molecule has 1 unspecified atom stereocenters. The van der Waals surface area contributed by atoms with Crippen LogP contribution in [0, 0.1) is 0 Å². The van der Waals surface area contributed by atoms with Crippen LogP contribution in [0.25, 0.3) is 0 Å².